The predicted octanol–water partition coefficient (Wildman–Crippen LogP) is 2.58. The first-order valence-electron chi connectivity index (χ1n) is 7.07. The third-order valence-electron chi connectivity index (χ3n) is 3.78. The summed E-state index contributed by atoms with van der Waals surface area (Å²) < 4.78 is 0. The summed E-state index contributed by atoms with van der Waals surface area (Å²) in [5.74, 6) is 1.95. The number of rotatable bonds is 3. The highest BCUT2D eigenvalue weighted by Crippen LogP contribution is 2.35. The Kier molecular flexibility index (Phi) is 3.72. The number of hydrogen-bond acceptors (Lipinski definition) is 5. The van der Waals surface area contributed by atoms with E-state index in [1.54, 1.807) is 11.3 Å². The van der Waals surface area contributed by atoms with Crippen LogP contribution in [0.5, 0.6) is 0 Å². The van der Waals surface area contributed by atoms with Crippen LogP contribution in [0.4, 0.5) is 5.82 Å². The molecule has 20 heavy (non-hydrogen) atoms. The van der Waals surface area contributed by atoms with E-state index in [-0.39, 0.29) is 0 Å². The zero-order valence-corrected chi connectivity index (χ0v) is 12.8. The van der Waals surface area contributed by atoms with Gasteiger partial charge in [0, 0.05) is 24.4 Å². The Morgan fingerprint density at radius 2 is 2.15 bits per heavy atom. The smallest absolute Gasteiger partial charge is 0.141 e. The molecule has 0 unspecified atom stereocenters. The van der Waals surface area contributed by atoms with Gasteiger partial charge in [0.05, 0.1) is 5.39 Å². The van der Waals surface area contributed by atoms with Gasteiger partial charge in [0.15, 0.2) is 0 Å². The number of anilines is 1. The number of aromatic nitrogens is 2. The summed E-state index contributed by atoms with van der Waals surface area (Å²) in [7, 11) is 0. The topological polar surface area (TPSA) is 55.0 Å². The average Bonchev–Trinajstić information content (AvgIpc) is 2.75. The summed E-state index contributed by atoms with van der Waals surface area (Å²) >= 11 is 1.76. The van der Waals surface area contributed by atoms with E-state index in [0.29, 0.717) is 6.54 Å². The van der Waals surface area contributed by atoms with Crippen molar-refractivity contribution in [1.29, 1.82) is 0 Å². The number of hydrogen-bond donors (Lipinski definition) is 1. The van der Waals surface area contributed by atoms with Crippen LogP contribution in [0.25, 0.3) is 10.2 Å². The molecule has 0 saturated carbocycles. The highest BCUT2D eigenvalue weighted by atomic mass is 32.1. The molecule has 3 rings (SSSR count). The maximum atomic E-state index is 5.67. The fraction of sp³-hybridized carbons (Fsp3) is 0.467. The number of thiophene rings is 1. The Labute approximate surface area is 123 Å². The van der Waals surface area contributed by atoms with Gasteiger partial charge in [0.2, 0.25) is 0 Å². The number of fused-ring (bicyclic) bond motifs is 1. The van der Waals surface area contributed by atoms with Gasteiger partial charge in [0.25, 0.3) is 0 Å². The largest absolute Gasteiger partial charge is 0.352 e. The van der Waals surface area contributed by atoms with E-state index in [4.69, 9.17) is 10.7 Å². The summed E-state index contributed by atoms with van der Waals surface area (Å²) in [5.41, 5.74) is 6.98. The van der Waals surface area contributed by atoms with Crippen molar-refractivity contribution >= 4 is 27.4 Å². The predicted molar refractivity (Wildman–Crippen MR) is 85.6 cm³/mol. The van der Waals surface area contributed by atoms with E-state index in [9.17, 15) is 0 Å². The minimum atomic E-state index is 0.591. The molecule has 106 valence electrons. The second-order valence-corrected chi connectivity index (χ2v) is 6.37. The van der Waals surface area contributed by atoms with E-state index in [1.165, 1.54) is 15.8 Å². The van der Waals surface area contributed by atoms with Crippen LogP contribution in [0.1, 0.15) is 22.7 Å². The van der Waals surface area contributed by atoms with Gasteiger partial charge in [-0.05, 0) is 32.4 Å². The first kappa shape index (κ1) is 13.5. The second kappa shape index (κ2) is 5.50. The van der Waals surface area contributed by atoms with Gasteiger partial charge in [-0.2, -0.15) is 0 Å². The summed E-state index contributed by atoms with van der Waals surface area (Å²) in [6.07, 6.45) is 6.28. The lowest BCUT2D eigenvalue weighted by Crippen LogP contribution is -2.28. The molecule has 0 fully saturated rings. The van der Waals surface area contributed by atoms with Crippen molar-refractivity contribution < 1.29 is 0 Å². The normalized spacial score (nSPS) is 15.2. The summed E-state index contributed by atoms with van der Waals surface area (Å²) in [6.45, 7) is 6.88. The Morgan fingerprint density at radius 3 is 2.85 bits per heavy atom. The van der Waals surface area contributed by atoms with Crippen LogP contribution in [0, 0.1) is 13.8 Å². The standard InChI is InChI=1S/C15H20N4S/c1-10-11(2)20-15-13(10)14(17-12(18-15)6-7-16)19-8-4-3-5-9-19/h3-4H,5-9,16H2,1-2H3. The first-order valence-corrected chi connectivity index (χ1v) is 7.89. The van der Waals surface area contributed by atoms with Gasteiger partial charge in [-0.3, -0.25) is 0 Å². The Balaban J connectivity index is 2.17. The molecule has 0 atom stereocenters. The molecule has 3 heterocycles. The van der Waals surface area contributed by atoms with Crippen molar-refractivity contribution in [2.75, 3.05) is 24.5 Å². The molecule has 4 nitrogen and oxygen atoms in total. The fourth-order valence-electron chi connectivity index (χ4n) is 2.57. The molecule has 0 bridgehead atoms. The van der Waals surface area contributed by atoms with Gasteiger partial charge in [0.1, 0.15) is 16.5 Å². The van der Waals surface area contributed by atoms with Gasteiger partial charge in [-0.25, -0.2) is 9.97 Å². The Bertz CT molecular complexity index is 659. The number of nitrogens with zero attached hydrogens (tertiary/aromatic N) is 3. The van der Waals surface area contributed by atoms with Crippen molar-refractivity contribution in [2.45, 2.75) is 26.7 Å². The highest BCUT2D eigenvalue weighted by molar-refractivity contribution is 7.18. The molecule has 1 aliphatic rings. The van der Waals surface area contributed by atoms with Gasteiger partial charge in [-0.15, -0.1) is 11.3 Å². The van der Waals surface area contributed by atoms with Crippen LogP contribution < -0.4 is 10.6 Å². The van der Waals surface area contributed by atoms with Crippen molar-refractivity contribution in [1.82, 2.24) is 9.97 Å². The third kappa shape index (κ3) is 2.31. The Hall–Kier alpha value is -1.46. The van der Waals surface area contributed by atoms with E-state index < -0.39 is 0 Å². The molecule has 0 amide bonds. The maximum absolute atomic E-state index is 5.67. The van der Waals surface area contributed by atoms with Crippen molar-refractivity contribution in [3.8, 4) is 0 Å². The molecule has 5 heteroatoms. The SMILES string of the molecule is Cc1sc2nc(CCN)nc(N3CC=CCC3)c2c1C. The van der Waals surface area contributed by atoms with Crippen LogP contribution in [-0.4, -0.2) is 29.6 Å². The minimum Gasteiger partial charge on any atom is -0.352 e. The monoisotopic (exact) mass is 288 g/mol. The van der Waals surface area contributed by atoms with Gasteiger partial charge < -0.3 is 10.6 Å². The lowest BCUT2D eigenvalue weighted by atomic mass is 10.1. The quantitative estimate of drug-likeness (QED) is 0.882. The Morgan fingerprint density at radius 1 is 1.30 bits per heavy atom. The summed E-state index contributed by atoms with van der Waals surface area (Å²) in [5, 5.41) is 1.23. The van der Waals surface area contributed by atoms with Crippen LogP contribution in [0.2, 0.25) is 0 Å². The van der Waals surface area contributed by atoms with E-state index >= 15 is 0 Å². The zero-order valence-electron chi connectivity index (χ0n) is 12.0. The molecule has 2 aromatic rings. The maximum Gasteiger partial charge on any atom is 0.141 e. The van der Waals surface area contributed by atoms with E-state index in [0.717, 1.165) is 42.4 Å². The van der Waals surface area contributed by atoms with Crippen LogP contribution in [0.15, 0.2) is 12.2 Å². The molecule has 0 spiro atoms. The molecule has 0 aromatic carbocycles. The summed E-state index contributed by atoms with van der Waals surface area (Å²) in [4.78, 5) is 14.3. The molecule has 0 radical (unpaired) electrons. The molecule has 0 aliphatic carbocycles. The van der Waals surface area contributed by atoms with Crippen LogP contribution >= 0.6 is 11.3 Å². The van der Waals surface area contributed by atoms with Gasteiger partial charge >= 0.3 is 0 Å². The molecular formula is C15H20N4S. The second-order valence-electron chi connectivity index (χ2n) is 5.17. The highest BCUT2D eigenvalue weighted by Gasteiger charge is 2.19. The van der Waals surface area contributed by atoms with Crippen LogP contribution in [-0.2, 0) is 6.42 Å². The third-order valence-corrected chi connectivity index (χ3v) is 4.88. The molecule has 2 N–H and O–H groups in total. The first-order chi connectivity index (χ1) is 9.70. The number of aryl methyl sites for hydroxylation is 2. The van der Waals surface area contributed by atoms with Crippen molar-refractivity contribution in [3.05, 3.63) is 28.4 Å². The molecular weight excluding hydrogens is 268 g/mol. The molecule has 1 aliphatic heterocycles. The van der Waals surface area contributed by atoms with E-state index in [2.05, 4.69) is 35.9 Å². The average molecular weight is 288 g/mol. The lowest BCUT2D eigenvalue weighted by molar-refractivity contribution is 0.793. The summed E-state index contributed by atoms with van der Waals surface area (Å²) in [6, 6.07) is 0. The van der Waals surface area contributed by atoms with Crippen molar-refractivity contribution in [2.24, 2.45) is 5.73 Å². The van der Waals surface area contributed by atoms with Crippen molar-refractivity contribution in [3.63, 3.8) is 0 Å². The molecule has 0 saturated heterocycles. The molecule has 2 aromatic heterocycles. The number of nitrogens with two attached hydrogens (primary N) is 1. The van der Waals surface area contributed by atoms with E-state index in [1.807, 2.05) is 0 Å². The lowest BCUT2D eigenvalue weighted by Gasteiger charge is -2.25. The van der Waals surface area contributed by atoms with Crippen LogP contribution in [0.3, 0.4) is 0 Å². The fourth-order valence-corrected chi connectivity index (χ4v) is 3.62. The minimum absolute atomic E-state index is 0.591. The van der Waals surface area contributed by atoms with Gasteiger partial charge in [-0.1, -0.05) is 12.2 Å². The zero-order chi connectivity index (χ0) is 14.1.